The van der Waals surface area contributed by atoms with E-state index in [2.05, 4.69) is 9.89 Å². The molecule has 9 heteroatoms. The van der Waals surface area contributed by atoms with Gasteiger partial charge in [0.1, 0.15) is 29.4 Å². The molecule has 0 spiro atoms. The highest BCUT2D eigenvalue weighted by molar-refractivity contribution is 14.0. The molecule has 28 heavy (non-hydrogen) atoms. The molecule has 1 aromatic carbocycles. The summed E-state index contributed by atoms with van der Waals surface area (Å²) < 4.78 is 23.3. The molecular formula is C19H24FIN4O3. The van der Waals surface area contributed by atoms with Crippen molar-refractivity contribution in [3.8, 4) is 0 Å². The third kappa shape index (κ3) is 5.15. The van der Waals surface area contributed by atoms with Crippen molar-refractivity contribution in [2.45, 2.75) is 13.5 Å². The summed E-state index contributed by atoms with van der Waals surface area (Å²) in [5, 5.41) is 0. The van der Waals surface area contributed by atoms with E-state index in [1.54, 1.807) is 25.1 Å². The molecule has 0 unspecified atom stereocenters. The molecule has 1 aliphatic rings. The third-order valence-corrected chi connectivity index (χ3v) is 4.57. The van der Waals surface area contributed by atoms with E-state index >= 15 is 0 Å². The van der Waals surface area contributed by atoms with Gasteiger partial charge in [-0.05, 0) is 37.3 Å². The summed E-state index contributed by atoms with van der Waals surface area (Å²) in [7, 11) is 1.33. The number of ether oxygens (including phenoxy) is 1. The number of carbonyl (C=O) groups excluding carboxylic acids is 1. The normalized spacial score (nSPS) is 14.6. The quantitative estimate of drug-likeness (QED) is 0.300. The molecule has 0 aliphatic carbocycles. The van der Waals surface area contributed by atoms with Crippen LogP contribution in [0.25, 0.3) is 0 Å². The van der Waals surface area contributed by atoms with Gasteiger partial charge < -0.3 is 24.7 Å². The Bertz CT molecular complexity index is 830. The van der Waals surface area contributed by atoms with Crippen LogP contribution < -0.4 is 10.6 Å². The summed E-state index contributed by atoms with van der Waals surface area (Å²) in [5.41, 5.74) is 7.50. The van der Waals surface area contributed by atoms with Gasteiger partial charge in [-0.2, -0.15) is 0 Å². The molecule has 7 nitrogen and oxygen atoms in total. The molecule has 0 bridgehead atoms. The van der Waals surface area contributed by atoms with Gasteiger partial charge in [-0.1, -0.05) is 0 Å². The van der Waals surface area contributed by atoms with Gasteiger partial charge in [0.2, 0.25) is 0 Å². The van der Waals surface area contributed by atoms with Gasteiger partial charge in [0.25, 0.3) is 0 Å². The Balaban J connectivity index is 0.00000280. The van der Waals surface area contributed by atoms with Gasteiger partial charge in [-0.15, -0.1) is 24.0 Å². The fraction of sp³-hybridized carbons (Fsp3) is 0.368. The van der Waals surface area contributed by atoms with Crippen molar-refractivity contribution in [1.82, 2.24) is 4.90 Å². The van der Waals surface area contributed by atoms with Crippen molar-refractivity contribution in [3.63, 3.8) is 0 Å². The Hall–Kier alpha value is -2.30. The highest BCUT2D eigenvalue weighted by Gasteiger charge is 2.19. The SMILES string of the molecule is COC(=O)c1cc(CN=C(N)N2CCN(c3ccc(F)cc3)CC2)oc1C.I. The standard InChI is InChI=1S/C19H23FN4O3.HI/c1-13-17(18(25)26-2)11-16(27-13)12-22-19(21)24-9-7-23(8-10-24)15-5-3-14(20)4-6-15;/h3-6,11H,7-10,12H2,1-2H3,(H2,21,22);1H. The number of halogens is 2. The number of guanidine groups is 1. The van der Waals surface area contributed by atoms with Gasteiger partial charge in [-0.3, -0.25) is 0 Å². The average Bonchev–Trinajstić information content (AvgIpc) is 3.07. The second kappa shape index (κ2) is 9.76. The first kappa shape index (κ1) is 22.0. The minimum atomic E-state index is -0.434. The summed E-state index contributed by atoms with van der Waals surface area (Å²) in [6.07, 6.45) is 0. The third-order valence-electron chi connectivity index (χ3n) is 4.57. The number of hydrogen-bond acceptors (Lipinski definition) is 5. The fourth-order valence-corrected chi connectivity index (χ4v) is 3.04. The molecule has 1 fully saturated rings. The van der Waals surface area contributed by atoms with Gasteiger partial charge >= 0.3 is 5.97 Å². The van der Waals surface area contributed by atoms with Crippen LogP contribution in [-0.4, -0.2) is 50.1 Å². The number of aliphatic imine (C=N–C) groups is 1. The predicted octanol–water partition coefficient (Wildman–Crippen LogP) is 2.77. The summed E-state index contributed by atoms with van der Waals surface area (Å²) in [6.45, 7) is 4.94. The van der Waals surface area contributed by atoms with Crippen LogP contribution in [0.3, 0.4) is 0 Å². The second-order valence-corrected chi connectivity index (χ2v) is 6.30. The molecule has 2 aromatic rings. The summed E-state index contributed by atoms with van der Waals surface area (Å²) in [4.78, 5) is 20.2. The summed E-state index contributed by atoms with van der Waals surface area (Å²) in [6, 6.07) is 8.11. The number of nitrogens with two attached hydrogens (primary N) is 1. The van der Waals surface area contributed by atoms with Crippen LogP contribution >= 0.6 is 24.0 Å². The smallest absolute Gasteiger partial charge is 0.341 e. The molecule has 152 valence electrons. The zero-order valence-electron chi connectivity index (χ0n) is 15.9. The topological polar surface area (TPSA) is 84.3 Å². The van der Waals surface area contributed by atoms with Crippen molar-refractivity contribution in [3.05, 3.63) is 53.2 Å². The van der Waals surface area contributed by atoms with E-state index in [0.717, 1.165) is 31.9 Å². The van der Waals surface area contributed by atoms with Crippen LogP contribution in [0.4, 0.5) is 10.1 Å². The lowest BCUT2D eigenvalue weighted by molar-refractivity contribution is 0.0599. The number of rotatable bonds is 4. The van der Waals surface area contributed by atoms with Crippen LogP contribution in [0.5, 0.6) is 0 Å². The van der Waals surface area contributed by atoms with Gasteiger partial charge in [0, 0.05) is 31.9 Å². The van der Waals surface area contributed by atoms with Crippen molar-refractivity contribution < 1.29 is 18.3 Å². The van der Waals surface area contributed by atoms with E-state index in [9.17, 15) is 9.18 Å². The first-order valence-corrected chi connectivity index (χ1v) is 8.71. The maximum atomic E-state index is 13.0. The molecule has 1 aliphatic heterocycles. The lowest BCUT2D eigenvalue weighted by Crippen LogP contribution is -2.51. The Morgan fingerprint density at radius 2 is 1.89 bits per heavy atom. The Labute approximate surface area is 180 Å². The lowest BCUT2D eigenvalue weighted by atomic mass is 10.2. The number of furan rings is 1. The maximum Gasteiger partial charge on any atom is 0.341 e. The van der Waals surface area contributed by atoms with Crippen molar-refractivity contribution >= 4 is 41.6 Å². The lowest BCUT2D eigenvalue weighted by Gasteiger charge is -2.36. The van der Waals surface area contributed by atoms with Crippen LogP contribution in [0.15, 0.2) is 39.7 Å². The van der Waals surface area contributed by atoms with Crippen LogP contribution in [0.1, 0.15) is 21.9 Å². The Kier molecular flexibility index (Phi) is 7.67. The molecule has 3 rings (SSSR count). The second-order valence-electron chi connectivity index (χ2n) is 6.30. The number of benzene rings is 1. The van der Waals surface area contributed by atoms with Gasteiger partial charge in [0.15, 0.2) is 5.96 Å². The Morgan fingerprint density at radius 3 is 2.50 bits per heavy atom. The molecular weight excluding hydrogens is 478 g/mol. The highest BCUT2D eigenvalue weighted by Crippen LogP contribution is 2.18. The van der Waals surface area contributed by atoms with Crippen molar-refractivity contribution in [1.29, 1.82) is 0 Å². The number of nitrogens with zero attached hydrogens (tertiary/aromatic N) is 3. The van der Waals surface area contributed by atoms with E-state index in [-0.39, 0.29) is 36.3 Å². The number of carbonyl (C=O) groups is 1. The zero-order chi connectivity index (χ0) is 19.4. The zero-order valence-corrected chi connectivity index (χ0v) is 18.2. The highest BCUT2D eigenvalue weighted by atomic mass is 127. The monoisotopic (exact) mass is 502 g/mol. The average molecular weight is 502 g/mol. The van der Waals surface area contributed by atoms with Gasteiger partial charge in [0.05, 0.1) is 7.11 Å². The first-order chi connectivity index (χ1) is 13.0. The van der Waals surface area contributed by atoms with Gasteiger partial charge in [-0.25, -0.2) is 14.2 Å². The molecule has 0 amide bonds. The van der Waals surface area contributed by atoms with E-state index < -0.39 is 5.97 Å². The predicted molar refractivity (Wildman–Crippen MR) is 116 cm³/mol. The number of anilines is 1. The molecule has 2 N–H and O–H groups in total. The minimum Gasteiger partial charge on any atom is -0.465 e. The van der Waals surface area contributed by atoms with Crippen molar-refractivity contribution in [2.24, 2.45) is 10.7 Å². The summed E-state index contributed by atoms with van der Waals surface area (Å²) in [5.74, 6) is 0.815. The molecule has 0 atom stereocenters. The Morgan fingerprint density at radius 1 is 1.25 bits per heavy atom. The molecule has 2 heterocycles. The summed E-state index contributed by atoms with van der Waals surface area (Å²) >= 11 is 0. The molecule has 1 saturated heterocycles. The van der Waals surface area contributed by atoms with Crippen LogP contribution in [-0.2, 0) is 11.3 Å². The first-order valence-electron chi connectivity index (χ1n) is 8.71. The number of aryl methyl sites for hydroxylation is 1. The van der Waals surface area contributed by atoms with E-state index in [0.29, 0.717) is 23.0 Å². The molecule has 0 saturated carbocycles. The van der Waals surface area contributed by atoms with Crippen LogP contribution in [0.2, 0.25) is 0 Å². The fourth-order valence-electron chi connectivity index (χ4n) is 3.04. The van der Waals surface area contributed by atoms with E-state index in [4.69, 9.17) is 14.9 Å². The number of piperazine rings is 1. The number of hydrogen-bond donors (Lipinski definition) is 1. The van der Waals surface area contributed by atoms with Crippen molar-refractivity contribution in [2.75, 3.05) is 38.2 Å². The minimum absolute atomic E-state index is 0. The van der Waals surface area contributed by atoms with E-state index in [1.807, 2.05) is 4.90 Å². The molecule has 1 aromatic heterocycles. The molecule has 0 radical (unpaired) electrons. The maximum absolute atomic E-state index is 13.0. The number of methoxy groups -OCH3 is 1. The van der Waals surface area contributed by atoms with E-state index in [1.165, 1.54) is 19.2 Å². The van der Waals surface area contributed by atoms with Crippen LogP contribution in [0, 0.1) is 12.7 Å². The number of esters is 1. The largest absolute Gasteiger partial charge is 0.465 e.